The number of carbonyl (C=O) groups excluding carboxylic acids is 1. The molecule has 0 bridgehead atoms. The van der Waals surface area contributed by atoms with Gasteiger partial charge < -0.3 is 23.4 Å². The molecule has 0 atom stereocenters. The van der Waals surface area contributed by atoms with Crippen LogP contribution in [0.1, 0.15) is 19.6 Å². The molecule has 170 valence electrons. The van der Waals surface area contributed by atoms with E-state index in [2.05, 4.69) is 0 Å². The number of para-hydroxylation sites is 2. The lowest BCUT2D eigenvalue weighted by atomic mass is 10.2. The maximum atomic E-state index is 13.7. The summed E-state index contributed by atoms with van der Waals surface area (Å²) in [7, 11) is 0. The summed E-state index contributed by atoms with van der Waals surface area (Å²) in [6.07, 6.45) is -5.02. The zero-order chi connectivity index (χ0) is 23.3. The molecule has 0 aliphatic heterocycles. The van der Waals surface area contributed by atoms with Crippen molar-refractivity contribution in [3.05, 3.63) is 58.4 Å². The second kappa shape index (κ2) is 9.63. The predicted molar refractivity (Wildman–Crippen MR) is 107 cm³/mol. The first kappa shape index (κ1) is 23.0. The highest BCUT2D eigenvalue weighted by Gasteiger charge is 2.40. The monoisotopic (exact) mass is 452 g/mol. The van der Waals surface area contributed by atoms with Crippen molar-refractivity contribution in [3.8, 4) is 23.0 Å². The number of ether oxygens (including phenoxy) is 4. The van der Waals surface area contributed by atoms with Crippen molar-refractivity contribution >= 4 is 16.9 Å². The van der Waals surface area contributed by atoms with Gasteiger partial charge in [0.2, 0.25) is 11.2 Å². The molecule has 0 saturated heterocycles. The maximum absolute atomic E-state index is 13.7. The minimum absolute atomic E-state index is 0.0252. The molecule has 3 rings (SSSR count). The fraction of sp³-hybridized carbons (Fsp3) is 0.273. The van der Waals surface area contributed by atoms with Crippen molar-refractivity contribution in [2.75, 3.05) is 19.8 Å². The number of hydrogen-bond acceptors (Lipinski definition) is 7. The first-order valence-electron chi connectivity index (χ1n) is 9.60. The predicted octanol–water partition coefficient (Wildman–Crippen LogP) is 4.94. The topological polar surface area (TPSA) is 84.2 Å². The third-order valence-electron chi connectivity index (χ3n) is 4.10. The standard InChI is InChI=1S/C22H19F3O7/c1-3-28-15-7-5-6-8-16(15)31-20-19(27)14-10-9-13(30-12-18(26)29-4-2)11-17(14)32-21(20)22(23,24)25/h5-11H,3-4,12H2,1-2H3. The van der Waals surface area contributed by atoms with Crippen LogP contribution in [0.25, 0.3) is 11.0 Å². The molecule has 0 amide bonds. The van der Waals surface area contributed by atoms with E-state index in [0.29, 0.717) is 0 Å². The lowest BCUT2D eigenvalue weighted by molar-refractivity contribution is -0.154. The van der Waals surface area contributed by atoms with Crippen LogP contribution >= 0.6 is 0 Å². The molecule has 0 N–H and O–H groups in total. The Balaban J connectivity index is 2.05. The summed E-state index contributed by atoms with van der Waals surface area (Å²) in [5.41, 5.74) is -1.41. The summed E-state index contributed by atoms with van der Waals surface area (Å²) >= 11 is 0. The van der Waals surface area contributed by atoms with E-state index in [1.807, 2.05) is 0 Å². The molecule has 2 aromatic carbocycles. The molecule has 0 aliphatic carbocycles. The summed E-state index contributed by atoms with van der Waals surface area (Å²) in [5, 5.41) is -0.162. The lowest BCUT2D eigenvalue weighted by Crippen LogP contribution is -2.16. The number of halogens is 3. The van der Waals surface area contributed by atoms with Crippen molar-refractivity contribution < 1.29 is 41.3 Å². The van der Waals surface area contributed by atoms with Crippen LogP contribution in [-0.2, 0) is 15.7 Å². The van der Waals surface area contributed by atoms with Crippen LogP contribution in [0.4, 0.5) is 13.2 Å². The fourth-order valence-electron chi connectivity index (χ4n) is 2.79. The van der Waals surface area contributed by atoms with E-state index >= 15 is 0 Å². The van der Waals surface area contributed by atoms with Crippen LogP contribution in [0.2, 0.25) is 0 Å². The van der Waals surface area contributed by atoms with Crippen molar-refractivity contribution in [2.45, 2.75) is 20.0 Å². The Labute approximate surface area is 180 Å². The van der Waals surface area contributed by atoms with Crippen LogP contribution in [0, 0.1) is 0 Å². The van der Waals surface area contributed by atoms with Gasteiger partial charge in [-0.3, -0.25) is 4.79 Å². The van der Waals surface area contributed by atoms with Crippen molar-refractivity contribution in [1.82, 2.24) is 0 Å². The van der Waals surface area contributed by atoms with E-state index < -0.39 is 35.7 Å². The first-order valence-corrected chi connectivity index (χ1v) is 9.60. The Hall–Kier alpha value is -3.69. The number of rotatable bonds is 8. The average molecular weight is 452 g/mol. The van der Waals surface area contributed by atoms with Gasteiger partial charge in [-0.1, -0.05) is 12.1 Å². The Bertz CT molecular complexity index is 1170. The number of carbonyl (C=O) groups is 1. The number of benzene rings is 2. The second-order valence-electron chi connectivity index (χ2n) is 6.32. The molecule has 0 radical (unpaired) electrons. The van der Waals surface area contributed by atoms with Gasteiger partial charge in [0.15, 0.2) is 18.1 Å². The fourth-order valence-corrected chi connectivity index (χ4v) is 2.79. The molecule has 0 unspecified atom stereocenters. The normalized spacial score (nSPS) is 11.3. The highest BCUT2D eigenvalue weighted by Crippen LogP contribution is 2.40. The molecule has 3 aromatic rings. The molecule has 1 aromatic heterocycles. The molecule has 10 heteroatoms. The van der Waals surface area contributed by atoms with Gasteiger partial charge in [-0.05, 0) is 38.1 Å². The van der Waals surface area contributed by atoms with E-state index in [-0.39, 0.29) is 41.4 Å². The van der Waals surface area contributed by atoms with Gasteiger partial charge in [-0.25, -0.2) is 4.79 Å². The number of esters is 1. The van der Waals surface area contributed by atoms with Gasteiger partial charge in [0.05, 0.1) is 18.6 Å². The summed E-state index contributed by atoms with van der Waals surface area (Å²) < 4.78 is 66.8. The van der Waals surface area contributed by atoms with E-state index in [1.165, 1.54) is 30.3 Å². The van der Waals surface area contributed by atoms with Crippen LogP contribution < -0.4 is 19.6 Å². The van der Waals surface area contributed by atoms with E-state index in [0.717, 1.165) is 6.07 Å². The molecule has 7 nitrogen and oxygen atoms in total. The summed E-state index contributed by atoms with van der Waals surface area (Å²) in [5.74, 6) is -3.15. The summed E-state index contributed by atoms with van der Waals surface area (Å²) in [6, 6.07) is 9.66. The highest BCUT2D eigenvalue weighted by atomic mass is 19.4. The zero-order valence-corrected chi connectivity index (χ0v) is 17.2. The van der Waals surface area contributed by atoms with E-state index in [1.54, 1.807) is 19.9 Å². The Kier molecular flexibility index (Phi) is 6.92. The lowest BCUT2D eigenvalue weighted by Gasteiger charge is -2.15. The van der Waals surface area contributed by atoms with Crippen LogP contribution in [-0.4, -0.2) is 25.8 Å². The molecule has 32 heavy (non-hydrogen) atoms. The Morgan fingerprint density at radius 2 is 1.72 bits per heavy atom. The summed E-state index contributed by atoms with van der Waals surface area (Å²) in [4.78, 5) is 24.3. The van der Waals surface area contributed by atoms with Gasteiger partial charge in [0, 0.05) is 6.07 Å². The van der Waals surface area contributed by atoms with Crippen LogP contribution in [0.5, 0.6) is 23.0 Å². The highest BCUT2D eigenvalue weighted by molar-refractivity contribution is 5.80. The van der Waals surface area contributed by atoms with Crippen molar-refractivity contribution in [2.24, 2.45) is 0 Å². The maximum Gasteiger partial charge on any atom is 0.453 e. The second-order valence-corrected chi connectivity index (χ2v) is 6.32. The Morgan fingerprint density at radius 1 is 1.00 bits per heavy atom. The molecular formula is C22H19F3O7. The third-order valence-corrected chi connectivity index (χ3v) is 4.10. The van der Waals surface area contributed by atoms with Crippen molar-refractivity contribution in [1.29, 1.82) is 0 Å². The summed E-state index contributed by atoms with van der Waals surface area (Å²) in [6.45, 7) is 3.26. The molecule has 0 aliphatic rings. The van der Waals surface area contributed by atoms with Crippen LogP contribution in [0.15, 0.2) is 51.7 Å². The number of alkyl halides is 3. The Morgan fingerprint density at radius 3 is 2.38 bits per heavy atom. The van der Waals surface area contributed by atoms with Gasteiger partial charge in [-0.2, -0.15) is 13.2 Å². The van der Waals surface area contributed by atoms with Crippen molar-refractivity contribution in [3.63, 3.8) is 0 Å². The average Bonchev–Trinajstić information content (AvgIpc) is 2.75. The molecule has 1 heterocycles. The molecule has 0 saturated carbocycles. The molecule has 0 fully saturated rings. The number of fused-ring (bicyclic) bond motifs is 1. The van der Waals surface area contributed by atoms with Gasteiger partial charge in [0.25, 0.3) is 5.76 Å². The number of hydrogen-bond donors (Lipinski definition) is 0. The molecular weight excluding hydrogens is 433 g/mol. The van der Waals surface area contributed by atoms with E-state index in [4.69, 9.17) is 23.4 Å². The van der Waals surface area contributed by atoms with Gasteiger partial charge in [-0.15, -0.1) is 0 Å². The van der Waals surface area contributed by atoms with Gasteiger partial charge in [0.1, 0.15) is 11.3 Å². The SMILES string of the molecule is CCOC(=O)COc1ccc2c(=O)c(Oc3ccccc3OCC)c(C(F)(F)F)oc2c1. The minimum atomic E-state index is -5.02. The largest absolute Gasteiger partial charge is 0.490 e. The van der Waals surface area contributed by atoms with Gasteiger partial charge >= 0.3 is 12.1 Å². The third kappa shape index (κ3) is 5.13. The first-order chi connectivity index (χ1) is 15.2. The van der Waals surface area contributed by atoms with E-state index in [9.17, 15) is 22.8 Å². The molecule has 0 spiro atoms. The zero-order valence-electron chi connectivity index (χ0n) is 17.2. The minimum Gasteiger partial charge on any atom is -0.490 e. The van der Waals surface area contributed by atoms with Crippen LogP contribution in [0.3, 0.4) is 0 Å². The quantitative estimate of drug-likeness (QED) is 0.448. The smallest absolute Gasteiger partial charge is 0.453 e.